The normalized spacial score (nSPS) is 24.0. The number of nitrogens with zero attached hydrogens (tertiary/aromatic N) is 3. The highest BCUT2D eigenvalue weighted by Gasteiger charge is 2.46. The molecule has 1 aromatic rings. The maximum Gasteiger partial charge on any atom is 0.410 e. The second-order valence-corrected chi connectivity index (χ2v) is 7.49. The van der Waals surface area contributed by atoms with Gasteiger partial charge in [-0.3, -0.25) is 0 Å². The standard InChI is InChI=1S/C16H22ClN3O2/c1-10-5-11(7-18-14(10)17)19-8-13-6-12(19)9-20(13)15(21)22-16(2,3)4/h5,7,12-13H,6,8-9H2,1-4H3/t12-,13-/m1/s1. The van der Waals surface area contributed by atoms with Crippen molar-refractivity contribution >= 4 is 23.4 Å². The maximum atomic E-state index is 12.2. The van der Waals surface area contributed by atoms with Gasteiger partial charge < -0.3 is 14.5 Å². The molecule has 120 valence electrons. The largest absolute Gasteiger partial charge is 0.444 e. The smallest absolute Gasteiger partial charge is 0.410 e. The van der Waals surface area contributed by atoms with Gasteiger partial charge in [0, 0.05) is 19.1 Å². The molecule has 2 aliphatic rings. The van der Waals surface area contributed by atoms with Crippen LogP contribution in [0.5, 0.6) is 0 Å². The molecule has 2 bridgehead atoms. The maximum absolute atomic E-state index is 12.2. The number of ether oxygens (including phenoxy) is 1. The van der Waals surface area contributed by atoms with E-state index in [9.17, 15) is 4.79 Å². The molecule has 0 aromatic carbocycles. The molecule has 2 fully saturated rings. The van der Waals surface area contributed by atoms with E-state index in [-0.39, 0.29) is 12.1 Å². The third-order valence-corrected chi connectivity index (χ3v) is 4.60. The summed E-state index contributed by atoms with van der Waals surface area (Å²) in [6.45, 7) is 9.18. The van der Waals surface area contributed by atoms with Gasteiger partial charge in [0.05, 0.1) is 17.9 Å². The second kappa shape index (κ2) is 5.30. The van der Waals surface area contributed by atoms with Gasteiger partial charge in [-0.15, -0.1) is 0 Å². The molecule has 5 nitrogen and oxygen atoms in total. The first-order valence-electron chi connectivity index (χ1n) is 7.63. The summed E-state index contributed by atoms with van der Waals surface area (Å²) in [5.74, 6) is 0. The number of piperazine rings is 1. The van der Waals surface area contributed by atoms with Gasteiger partial charge in [-0.1, -0.05) is 11.6 Å². The zero-order valence-electron chi connectivity index (χ0n) is 13.5. The number of likely N-dealkylation sites (tertiary alicyclic amines) is 1. The van der Waals surface area contributed by atoms with Crippen LogP contribution in [-0.4, -0.2) is 46.8 Å². The number of carbonyl (C=O) groups excluding carboxylic acids is 1. The van der Waals surface area contributed by atoms with Crippen molar-refractivity contribution in [1.82, 2.24) is 9.88 Å². The number of aryl methyl sites for hydroxylation is 1. The molecule has 6 heteroatoms. The molecular weight excluding hydrogens is 302 g/mol. The van der Waals surface area contributed by atoms with Crippen LogP contribution in [0.15, 0.2) is 12.3 Å². The number of anilines is 1. The summed E-state index contributed by atoms with van der Waals surface area (Å²) in [7, 11) is 0. The molecule has 22 heavy (non-hydrogen) atoms. The van der Waals surface area contributed by atoms with Crippen LogP contribution in [-0.2, 0) is 4.74 Å². The average Bonchev–Trinajstić information content (AvgIpc) is 2.99. The summed E-state index contributed by atoms with van der Waals surface area (Å²) in [5, 5.41) is 0.545. The Labute approximate surface area is 136 Å². The van der Waals surface area contributed by atoms with Gasteiger partial charge in [0.1, 0.15) is 10.8 Å². The minimum Gasteiger partial charge on any atom is -0.444 e. The molecule has 2 saturated heterocycles. The number of carbonyl (C=O) groups is 1. The predicted molar refractivity (Wildman–Crippen MR) is 86.5 cm³/mol. The van der Waals surface area contributed by atoms with Gasteiger partial charge in [0.25, 0.3) is 0 Å². The summed E-state index contributed by atoms with van der Waals surface area (Å²) in [4.78, 5) is 20.7. The van der Waals surface area contributed by atoms with E-state index in [1.807, 2.05) is 38.8 Å². The van der Waals surface area contributed by atoms with Gasteiger partial charge in [0.15, 0.2) is 0 Å². The van der Waals surface area contributed by atoms with Crippen LogP contribution in [0.25, 0.3) is 0 Å². The van der Waals surface area contributed by atoms with Crippen LogP contribution in [0, 0.1) is 6.92 Å². The molecule has 2 aliphatic heterocycles. The van der Waals surface area contributed by atoms with Crippen LogP contribution >= 0.6 is 11.6 Å². The highest BCUT2D eigenvalue weighted by molar-refractivity contribution is 6.30. The number of hydrogen-bond donors (Lipinski definition) is 0. The number of fused-ring (bicyclic) bond motifs is 2. The fourth-order valence-corrected chi connectivity index (χ4v) is 3.33. The molecule has 0 N–H and O–H groups in total. The minimum absolute atomic E-state index is 0.204. The number of aromatic nitrogens is 1. The second-order valence-electron chi connectivity index (χ2n) is 7.13. The highest BCUT2D eigenvalue weighted by Crippen LogP contribution is 2.35. The van der Waals surface area contributed by atoms with Crippen molar-refractivity contribution in [3.05, 3.63) is 23.0 Å². The monoisotopic (exact) mass is 323 g/mol. The Bertz CT molecular complexity index is 600. The van der Waals surface area contributed by atoms with Crippen LogP contribution in [0.4, 0.5) is 10.5 Å². The zero-order valence-corrected chi connectivity index (χ0v) is 14.2. The van der Waals surface area contributed by atoms with Crippen molar-refractivity contribution < 1.29 is 9.53 Å². The van der Waals surface area contributed by atoms with Crippen LogP contribution in [0.3, 0.4) is 0 Å². The fourth-order valence-electron chi connectivity index (χ4n) is 3.23. The van der Waals surface area contributed by atoms with E-state index in [0.29, 0.717) is 17.7 Å². The van der Waals surface area contributed by atoms with Gasteiger partial charge >= 0.3 is 6.09 Å². The molecule has 0 spiro atoms. The van der Waals surface area contributed by atoms with Gasteiger partial charge in [-0.05, 0) is 45.7 Å². The van der Waals surface area contributed by atoms with Crippen molar-refractivity contribution in [3.63, 3.8) is 0 Å². The lowest BCUT2D eigenvalue weighted by Gasteiger charge is -2.36. The van der Waals surface area contributed by atoms with Crippen molar-refractivity contribution in [2.45, 2.75) is 51.8 Å². The van der Waals surface area contributed by atoms with Crippen molar-refractivity contribution in [1.29, 1.82) is 0 Å². The van der Waals surface area contributed by atoms with Crippen LogP contribution in [0.1, 0.15) is 32.8 Å². The lowest BCUT2D eigenvalue weighted by atomic mass is 10.2. The zero-order chi connectivity index (χ0) is 16.1. The Morgan fingerprint density at radius 1 is 1.36 bits per heavy atom. The molecule has 0 aliphatic carbocycles. The predicted octanol–water partition coefficient (Wildman–Crippen LogP) is 3.24. The Kier molecular flexibility index (Phi) is 3.71. The molecular formula is C16H22ClN3O2. The third kappa shape index (κ3) is 2.86. The Morgan fingerprint density at radius 3 is 2.64 bits per heavy atom. The highest BCUT2D eigenvalue weighted by atomic mass is 35.5. The summed E-state index contributed by atoms with van der Waals surface area (Å²) in [5.41, 5.74) is 1.61. The van der Waals surface area contributed by atoms with E-state index >= 15 is 0 Å². The average molecular weight is 324 g/mol. The van der Waals surface area contributed by atoms with E-state index in [1.165, 1.54) is 0 Å². The van der Waals surface area contributed by atoms with Crippen LogP contribution in [0.2, 0.25) is 5.15 Å². The summed E-state index contributed by atoms with van der Waals surface area (Å²) < 4.78 is 5.49. The van der Waals surface area contributed by atoms with E-state index in [0.717, 1.165) is 24.2 Å². The molecule has 2 atom stereocenters. The topological polar surface area (TPSA) is 45.7 Å². The Hall–Kier alpha value is -1.49. The SMILES string of the molecule is Cc1cc(N2C[C@H]3C[C@@H]2CN3C(=O)OC(C)(C)C)cnc1Cl. The summed E-state index contributed by atoms with van der Waals surface area (Å²) in [6, 6.07) is 2.61. The molecule has 1 aromatic heterocycles. The van der Waals surface area contributed by atoms with Gasteiger partial charge in [0.2, 0.25) is 0 Å². The van der Waals surface area contributed by atoms with Crippen molar-refractivity contribution in [2.24, 2.45) is 0 Å². The first-order chi connectivity index (χ1) is 10.2. The number of rotatable bonds is 1. The van der Waals surface area contributed by atoms with E-state index in [4.69, 9.17) is 16.3 Å². The lowest BCUT2D eigenvalue weighted by molar-refractivity contribution is 0.0215. The number of halogens is 1. The number of amides is 1. The molecule has 3 rings (SSSR count). The van der Waals surface area contributed by atoms with Crippen molar-refractivity contribution in [3.8, 4) is 0 Å². The Morgan fingerprint density at radius 2 is 2.09 bits per heavy atom. The number of pyridine rings is 1. The summed E-state index contributed by atoms with van der Waals surface area (Å²) in [6.07, 6.45) is 2.60. The molecule has 1 amide bonds. The first-order valence-corrected chi connectivity index (χ1v) is 8.01. The van der Waals surface area contributed by atoms with Gasteiger partial charge in [-0.2, -0.15) is 0 Å². The third-order valence-electron chi connectivity index (χ3n) is 4.20. The lowest BCUT2D eigenvalue weighted by Crippen LogP contribution is -2.50. The minimum atomic E-state index is -0.449. The molecule has 3 heterocycles. The van der Waals surface area contributed by atoms with E-state index in [2.05, 4.69) is 16.0 Å². The molecule has 0 saturated carbocycles. The molecule has 0 unspecified atom stereocenters. The number of hydrogen-bond acceptors (Lipinski definition) is 4. The molecule has 0 radical (unpaired) electrons. The van der Waals surface area contributed by atoms with E-state index in [1.54, 1.807) is 0 Å². The summed E-state index contributed by atoms with van der Waals surface area (Å²) >= 11 is 5.99. The Balaban J connectivity index is 1.69. The van der Waals surface area contributed by atoms with Crippen molar-refractivity contribution in [2.75, 3.05) is 18.0 Å². The van der Waals surface area contributed by atoms with Crippen LogP contribution < -0.4 is 4.90 Å². The quantitative estimate of drug-likeness (QED) is 0.744. The fraction of sp³-hybridized carbons (Fsp3) is 0.625. The van der Waals surface area contributed by atoms with E-state index < -0.39 is 5.60 Å². The first kappa shape index (κ1) is 15.4. The van der Waals surface area contributed by atoms with Gasteiger partial charge in [-0.25, -0.2) is 9.78 Å².